The number of methoxy groups -OCH3 is 1. The summed E-state index contributed by atoms with van der Waals surface area (Å²) in [6.07, 6.45) is 0.551. The second kappa shape index (κ2) is 13.2. The highest BCUT2D eigenvalue weighted by Gasteiger charge is 2.19. The molecule has 3 rings (SSSR count). The first-order chi connectivity index (χ1) is 16.6. The fourth-order valence-electron chi connectivity index (χ4n) is 3.38. The lowest BCUT2D eigenvalue weighted by Gasteiger charge is -2.15. The zero-order valence-corrected chi connectivity index (χ0v) is 19.6. The predicted octanol–water partition coefficient (Wildman–Crippen LogP) is 4.89. The number of ketones is 1. The summed E-state index contributed by atoms with van der Waals surface area (Å²) < 4.78 is 21.8. The molecule has 0 saturated carbocycles. The zero-order valence-electron chi connectivity index (χ0n) is 19.6. The van der Waals surface area contributed by atoms with Crippen molar-refractivity contribution in [1.82, 2.24) is 0 Å². The molecule has 0 aliphatic heterocycles. The van der Waals surface area contributed by atoms with Crippen LogP contribution in [-0.4, -0.2) is 44.8 Å². The van der Waals surface area contributed by atoms with Gasteiger partial charge in [0.15, 0.2) is 11.9 Å². The molecule has 3 aromatic rings. The van der Waals surface area contributed by atoms with Crippen molar-refractivity contribution < 1.29 is 28.5 Å². The Hall–Kier alpha value is -3.64. The maximum atomic E-state index is 12.5. The Morgan fingerprint density at radius 1 is 0.765 bits per heavy atom. The lowest BCUT2D eigenvalue weighted by Crippen LogP contribution is -2.28. The first-order valence-corrected chi connectivity index (χ1v) is 11.3. The molecule has 0 bridgehead atoms. The first-order valence-electron chi connectivity index (χ1n) is 11.3. The van der Waals surface area contributed by atoms with E-state index in [9.17, 15) is 9.59 Å². The Kier molecular flexibility index (Phi) is 9.67. The Morgan fingerprint density at radius 2 is 1.32 bits per heavy atom. The topological polar surface area (TPSA) is 71.1 Å². The quantitative estimate of drug-likeness (QED) is 0.205. The van der Waals surface area contributed by atoms with E-state index >= 15 is 0 Å². The normalized spacial score (nSPS) is 11.5. The van der Waals surface area contributed by atoms with E-state index in [-0.39, 0.29) is 11.8 Å². The molecule has 0 aromatic heterocycles. The average Bonchev–Trinajstić information content (AvgIpc) is 2.89. The van der Waals surface area contributed by atoms with E-state index < -0.39 is 6.10 Å². The highest BCUT2D eigenvalue weighted by molar-refractivity contribution is 6.08. The number of ether oxygens (including phenoxy) is 4. The van der Waals surface area contributed by atoms with Gasteiger partial charge in [-0.1, -0.05) is 42.5 Å². The van der Waals surface area contributed by atoms with Crippen LogP contribution in [0.25, 0.3) is 0 Å². The molecular weight excluding hydrogens is 432 g/mol. The van der Waals surface area contributed by atoms with Gasteiger partial charge in [-0.15, -0.1) is 0 Å². The lowest BCUT2D eigenvalue weighted by atomic mass is 10.0. The van der Waals surface area contributed by atoms with Gasteiger partial charge in [0.2, 0.25) is 0 Å². The Labute approximate surface area is 200 Å². The fourth-order valence-corrected chi connectivity index (χ4v) is 3.38. The lowest BCUT2D eigenvalue weighted by molar-refractivity contribution is -0.153. The number of esters is 1. The molecule has 0 spiro atoms. The van der Waals surface area contributed by atoms with Crippen LogP contribution in [-0.2, 0) is 20.7 Å². The monoisotopic (exact) mass is 462 g/mol. The molecule has 0 N–H and O–H groups in total. The summed E-state index contributed by atoms with van der Waals surface area (Å²) in [4.78, 5) is 24.2. The molecule has 34 heavy (non-hydrogen) atoms. The number of benzene rings is 3. The van der Waals surface area contributed by atoms with Crippen LogP contribution in [0.4, 0.5) is 0 Å². The van der Waals surface area contributed by atoms with Gasteiger partial charge in [0.25, 0.3) is 0 Å². The smallest absolute Gasteiger partial charge is 0.335 e. The summed E-state index contributed by atoms with van der Waals surface area (Å²) in [6.45, 7) is 3.30. The molecule has 3 aromatic carbocycles. The predicted molar refractivity (Wildman–Crippen MR) is 129 cm³/mol. The second-order valence-corrected chi connectivity index (χ2v) is 7.59. The molecule has 1 atom stereocenters. The van der Waals surface area contributed by atoms with Crippen molar-refractivity contribution in [3.8, 4) is 11.5 Å². The van der Waals surface area contributed by atoms with E-state index in [1.54, 1.807) is 36.4 Å². The van der Waals surface area contributed by atoms with Crippen molar-refractivity contribution in [2.75, 3.05) is 26.9 Å². The minimum Gasteiger partial charge on any atom is -0.493 e. The molecule has 1 unspecified atom stereocenters. The van der Waals surface area contributed by atoms with Crippen LogP contribution >= 0.6 is 0 Å². The fraction of sp³-hybridized carbons (Fsp3) is 0.286. The maximum absolute atomic E-state index is 12.5. The summed E-state index contributed by atoms with van der Waals surface area (Å²) in [7, 11) is 1.36. The third-order valence-electron chi connectivity index (χ3n) is 5.15. The minimum absolute atomic E-state index is 0.00900. The molecule has 6 heteroatoms. The molecule has 6 nitrogen and oxygen atoms in total. The highest BCUT2D eigenvalue weighted by Crippen LogP contribution is 2.17. The van der Waals surface area contributed by atoms with E-state index in [0.717, 1.165) is 11.3 Å². The minimum atomic E-state index is -0.607. The van der Waals surface area contributed by atoms with Crippen LogP contribution in [0.1, 0.15) is 34.8 Å². The van der Waals surface area contributed by atoms with Crippen molar-refractivity contribution in [1.29, 1.82) is 0 Å². The Bertz CT molecular complexity index is 1030. The number of hydrogen-bond acceptors (Lipinski definition) is 6. The number of hydrogen-bond donors (Lipinski definition) is 0. The van der Waals surface area contributed by atoms with Crippen molar-refractivity contribution in [3.63, 3.8) is 0 Å². The molecule has 0 aliphatic rings. The van der Waals surface area contributed by atoms with Gasteiger partial charge in [-0.3, -0.25) is 4.79 Å². The summed E-state index contributed by atoms with van der Waals surface area (Å²) in [6, 6.07) is 23.9. The van der Waals surface area contributed by atoms with Gasteiger partial charge in [-0.2, -0.15) is 0 Å². The molecule has 0 radical (unpaired) electrons. The van der Waals surface area contributed by atoms with Crippen LogP contribution in [0.5, 0.6) is 11.5 Å². The number of rotatable bonds is 13. The summed E-state index contributed by atoms with van der Waals surface area (Å²) >= 11 is 0. The second-order valence-electron chi connectivity index (χ2n) is 7.59. The van der Waals surface area contributed by atoms with Gasteiger partial charge < -0.3 is 18.9 Å². The van der Waals surface area contributed by atoms with Gasteiger partial charge >= 0.3 is 5.97 Å². The third-order valence-corrected chi connectivity index (χ3v) is 5.15. The SMILES string of the molecule is CCOC(Cc1ccc(OCCCOc2ccc(C(=O)c3ccccc3)cc2)cc1)C(=O)OC. The molecule has 0 saturated heterocycles. The first kappa shape index (κ1) is 25.0. The molecule has 178 valence electrons. The van der Waals surface area contributed by atoms with Crippen LogP contribution in [0.3, 0.4) is 0 Å². The number of carbonyl (C=O) groups is 2. The summed E-state index contributed by atoms with van der Waals surface area (Å²) in [5.74, 6) is 1.08. The van der Waals surface area contributed by atoms with Crippen molar-refractivity contribution in [3.05, 3.63) is 95.6 Å². The van der Waals surface area contributed by atoms with E-state index in [1.165, 1.54) is 7.11 Å². The van der Waals surface area contributed by atoms with Crippen LogP contribution in [0.2, 0.25) is 0 Å². The number of carbonyl (C=O) groups excluding carboxylic acids is 2. The van der Waals surface area contributed by atoms with Gasteiger partial charge in [0.05, 0.1) is 20.3 Å². The van der Waals surface area contributed by atoms with Gasteiger partial charge in [0, 0.05) is 30.6 Å². The average molecular weight is 463 g/mol. The van der Waals surface area contributed by atoms with Gasteiger partial charge in [-0.25, -0.2) is 4.79 Å². The molecule has 0 aliphatic carbocycles. The van der Waals surface area contributed by atoms with Gasteiger partial charge in [-0.05, 0) is 48.9 Å². The standard InChI is InChI=1S/C28H30O6/c1-3-32-26(28(30)31-2)20-21-10-14-24(15-11-21)33-18-7-19-34-25-16-12-23(13-17-25)27(29)22-8-5-4-6-9-22/h4-6,8-17,26H,3,7,18-20H2,1-2H3. The van der Waals surface area contributed by atoms with Gasteiger partial charge in [0.1, 0.15) is 11.5 Å². The largest absolute Gasteiger partial charge is 0.493 e. The van der Waals surface area contributed by atoms with E-state index in [2.05, 4.69) is 0 Å². The van der Waals surface area contributed by atoms with E-state index in [4.69, 9.17) is 18.9 Å². The molecule has 0 heterocycles. The maximum Gasteiger partial charge on any atom is 0.335 e. The third kappa shape index (κ3) is 7.46. The van der Waals surface area contributed by atoms with Crippen LogP contribution in [0, 0.1) is 0 Å². The van der Waals surface area contributed by atoms with E-state index in [1.807, 2.05) is 49.4 Å². The summed E-state index contributed by atoms with van der Waals surface area (Å²) in [5, 5.41) is 0. The van der Waals surface area contributed by atoms with Crippen LogP contribution in [0.15, 0.2) is 78.9 Å². The zero-order chi connectivity index (χ0) is 24.2. The molecule has 0 amide bonds. The Balaban J connectivity index is 1.38. The van der Waals surface area contributed by atoms with Crippen molar-refractivity contribution in [2.45, 2.75) is 25.9 Å². The Morgan fingerprint density at radius 3 is 1.88 bits per heavy atom. The highest BCUT2D eigenvalue weighted by atomic mass is 16.6. The van der Waals surface area contributed by atoms with E-state index in [0.29, 0.717) is 49.5 Å². The van der Waals surface area contributed by atoms with Crippen molar-refractivity contribution in [2.24, 2.45) is 0 Å². The van der Waals surface area contributed by atoms with Crippen LogP contribution < -0.4 is 9.47 Å². The summed E-state index contributed by atoms with van der Waals surface area (Å²) in [5.41, 5.74) is 2.26. The van der Waals surface area contributed by atoms with Crippen molar-refractivity contribution >= 4 is 11.8 Å². The molecular formula is C28H30O6. The molecule has 0 fully saturated rings.